The minimum Gasteiger partial charge on any atom is -0.503 e. The summed E-state index contributed by atoms with van der Waals surface area (Å²) in [5, 5.41) is 12.5. The third kappa shape index (κ3) is 6.67. The van der Waals surface area contributed by atoms with Gasteiger partial charge in [0.2, 0.25) is 0 Å². The lowest BCUT2D eigenvalue weighted by atomic mass is 10.0. The number of nitrogens with one attached hydrogen (secondary N) is 1. The van der Waals surface area contributed by atoms with Gasteiger partial charge in [-0.05, 0) is 25.7 Å². The molecule has 8 nitrogen and oxygen atoms in total. The molecule has 0 aliphatic rings. The Morgan fingerprint density at radius 2 is 1.82 bits per heavy atom. The Bertz CT molecular complexity index is 662. The summed E-state index contributed by atoms with van der Waals surface area (Å²) in [5.74, 6) is -1.16. The van der Waals surface area contributed by atoms with Gasteiger partial charge >= 0.3 is 5.97 Å². The maximum absolute atomic E-state index is 12.5. The van der Waals surface area contributed by atoms with E-state index < -0.39 is 24.0 Å². The standard InChI is InChI=1S/C20H32N2O6/c1-11(2)10-27-14(6)18(12(3)4)28-20(25)13(5)22-19(24)16-17(23)15(26-7)8-9-21-16/h8-9,11-14,18,23H,10H2,1-7H3,(H,22,24)/t13-,14-,18-/m0/s1. The normalized spacial score (nSPS) is 14.5. The third-order valence-corrected chi connectivity index (χ3v) is 4.09. The summed E-state index contributed by atoms with van der Waals surface area (Å²) in [6.07, 6.45) is 0.603. The molecule has 2 N–H and O–H groups in total. The first kappa shape index (κ1) is 23.7. The zero-order valence-corrected chi connectivity index (χ0v) is 17.7. The first-order chi connectivity index (χ1) is 13.1. The van der Waals surface area contributed by atoms with Crippen LogP contribution in [0.5, 0.6) is 11.5 Å². The van der Waals surface area contributed by atoms with Gasteiger partial charge in [-0.15, -0.1) is 0 Å². The molecule has 8 heteroatoms. The number of hydrogen-bond acceptors (Lipinski definition) is 7. The van der Waals surface area contributed by atoms with Gasteiger partial charge in [0.25, 0.3) is 5.91 Å². The van der Waals surface area contributed by atoms with Crippen LogP contribution >= 0.6 is 0 Å². The molecular formula is C20H32N2O6. The largest absolute Gasteiger partial charge is 0.503 e. The first-order valence-corrected chi connectivity index (χ1v) is 9.43. The molecule has 0 saturated heterocycles. The molecule has 0 radical (unpaired) electrons. The molecule has 0 bridgehead atoms. The van der Waals surface area contributed by atoms with E-state index in [1.165, 1.54) is 26.3 Å². The Kier molecular flexibility index (Phi) is 9.18. The zero-order valence-electron chi connectivity index (χ0n) is 17.7. The lowest BCUT2D eigenvalue weighted by molar-refractivity contribution is -0.163. The number of methoxy groups -OCH3 is 1. The Labute approximate surface area is 166 Å². The van der Waals surface area contributed by atoms with Gasteiger partial charge in [0.05, 0.1) is 13.2 Å². The summed E-state index contributed by atoms with van der Waals surface area (Å²) < 4.78 is 16.3. The second-order valence-corrected chi connectivity index (χ2v) is 7.48. The van der Waals surface area contributed by atoms with Gasteiger partial charge in [0.1, 0.15) is 12.1 Å². The van der Waals surface area contributed by atoms with Crippen molar-refractivity contribution < 1.29 is 28.9 Å². The molecular weight excluding hydrogens is 364 g/mol. The summed E-state index contributed by atoms with van der Waals surface area (Å²) in [7, 11) is 1.37. The number of hydrogen-bond donors (Lipinski definition) is 2. The van der Waals surface area contributed by atoms with Gasteiger partial charge in [-0.2, -0.15) is 0 Å². The van der Waals surface area contributed by atoms with E-state index in [0.29, 0.717) is 12.5 Å². The van der Waals surface area contributed by atoms with Gasteiger partial charge in [-0.25, -0.2) is 9.78 Å². The number of ether oxygens (including phenoxy) is 3. The minimum absolute atomic E-state index is 0.0399. The van der Waals surface area contributed by atoms with E-state index in [2.05, 4.69) is 10.3 Å². The summed E-state index contributed by atoms with van der Waals surface area (Å²) in [6.45, 7) is 11.9. The van der Waals surface area contributed by atoms with Crippen molar-refractivity contribution in [3.63, 3.8) is 0 Å². The predicted octanol–water partition coefficient (Wildman–Crippen LogP) is 2.54. The highest BCUT2D eigenvalue weighted by Crippen LogP contribution is 2.27. The van der Waals surface area contributed by atoms with Crippen LogP contribution in [0.4, 0.5) is 0 Å². The van der Waals surface area contributed by atoms with Crippen LogP contribution in [0, 0.1) is 11.8 Å². The van der Waals surface area contributed by atoms with Crippen LogP contribution in [0.25, 0.3) is 0 Å². The van der Waals surface area contributed by atoms with Gasteiger partial charge in [-0.1, -0.05) is 27.7 Å². The zero-order chi connectivity index (χ0) is 21.4. The van der Waals surface area contributed by atoms with Crippen molar-refractivity contribution in [2.75, 3.05) is 13.7 Å². The maximum Gasteiger partial charge on any atom is 0.328 e. The quantitative estimate of drug-likeness (QED) is 0.585. The molecule has 0 fully saturated rings. The monoisotopic (exact) mass is 396 g/mol. The maximum atomic E-state index is 12.5. The Morgan fingerprint density at radius 3 is 2.36 bits per heavy atom. The number of amides is 1. The highest BCUT2D eigenvalue weighted by molar-refractivity contribution is 5.97. The fourth-order valence-electron chi connectivity index (χ4n) is 2.54. The third-order valence-electron chi connectivity index (χ3n) is 4.09. The van der Waals surface area contributed by atoms with Gasteiger partial charge in [0.15, 0.2) is 17.2 Å². The van der Waals surface area contributed by atoms with E-state index in [0.717, 1.165) is 0 Å². The van der Waals surface area contributed by atoms with E-state index in [9.17, 15) is 14.7 Å². The molecule has 1 heterocycles. The van der Waals surface area contributed by atoms with Crippen LogP contribution in [0.2, 0.25) is 0 Å². The second-order valence-electron chi connectivity index (χ2n) is 7.48. The molecule has 0 spiro atoms. The molecule has 1 amide bonds. The molecule has 1 rings (SSSR count). The highest BCUT2D eigenvalue weighted by Gasteiger charge is 2.29. The number of rotatable bonds is 10. The van der Waals surface area contributed by atoms with E-state index in [4.69, 9.17) is 14.2 Å². The molecule has 0 saturated carbocycles. The molecule has 0 aliphatic heterocycles. The molecule has 28 heavy (non-hydrogen) atoms. The fourth-order valence-corrected chi connectivity index (χ4v) is 2.54. The number of esters is 1. The fraction of sp³-hybridized carbons (Fsp3) is 0.650. The van der Waals surface area contributed by atoms with Crippen molar-refractivity contribution >= 4 is 11.9 Å². The van der Waals surface area contributed by atoms with Crippen molar-refractivity contribution in [2.24, 2.45) is 11.8 Å². The van der Waals surface area contributed by atoms with Crippen LogP contribution in [-0.4, -0.2) is 53.9 Å². The van der Waals surface area contributed by atoms with Crippen LogP contribution in [0.3, 0.4) is 0 Å². The predicted molar refractivity (Wildman–Crippen MR) is 104 cm³/mol. The Balaban J connectivity index is 2.76. The van der Waals surface area contributed by atoms with Crippen molar-refractivity contribution in [2.45, 2.75) is 59.8 Å². The number of carbonyl (C=O) groups is 2. The minimum atomic E-state index is -0.932. The van der Waals surface area contributed by atoms with Gasteiger partial charge in [-0.3, -0.25) is 4.79 Å². The molecule has 0 aromatic carbocycles. The SMILES string of the molecule is COc1ccnc(C(=O)N[C@@H](C)C(=O)O[C@@H](C(C)C)[C@H](C)OCC(C)C)c1O. The number of aromatic hydroxyl groups is 1. The lowest BCUT2D eigenvalue weighted by Gasteiger charge is -2.29. The molecule has 1 aromatic heterocycles. The lowest BCUT2D eigenvalue weighted by Crippen LogP contribution is -2.44. The number of aromatic nitrogens is 1. The molecule has 1 aromatic rings. The van der Waals surface area contributed by atoms with E-state index in [1.807, 2.05) is 34.6 Å². The molecule has 0 aliphatic carbocycles. The highest BCUT2D eigenvalue weighted by atomic mass is 16.6. The molecule has 0 unspecified atom stereocenters. The van der Waals surface area contributed by atoms with E-state index in [-0.39, 0.29) is 29.2 Å². The Morgan fingerprint density at radius 1 is 1.18 bits per heavy atom. The van der Waals surface area contributed by atoms with Gasteiger partial charge in [0, 0.05) is 18.9 Å². The summed E-state index contributed by atoms with van der Waals surface area (Å²) in [6, 6.07) is 0.494. The number of nitrogens with zero attached hydrogens (tertiary/aromatic N) is 1. The first-order valence-electron chi connectivity index (χ1n) is 9.43. The van der Waals surface area contributed by atoms with E-state index >= 15 is 0 Å². The van der Waals surface area contributed by atoms with Crippen molar-refractivity contribution in [1.82, 2.24) is 10.3 Å². The smallest absolute Gasteiger partial charge is 0.328 e. The van der Waals surface area contributed by atoms with E-state index in [1.54, 1.807) is 0 Å². The van der Waals surface area contributed by atoms with Crippen LogP contribution < -0.4 is 10.1 Å². The Hall–Kier alpha value is -2.35. The van der Waals surface area contributed by atoms with Crippen molar-refractivity contribution in [3.8, 4) is 11.5 Å². The van der Waals surface area contributed by atoms with Crippen LogP contribution in [0.15, 0.2) is 12.3 Å². The van der Waals surface area contributed by atoms with Crippen LogP contribution in [-0.2, 0) is 14.3 Å². The number of pyridine rings is 1. The average molecular weight is 396 g/mol. The summed E-state index contributed by atoms with van der Waals surface area (Å²) in [5.41, 5.74) is -0.229. The summed E-state index contributed by atoms with van der Waals surface area (Å²) >= 11 is 0. The van der Waals surface area contributed by atoms with Crippen molar-refractivity contribution in [1.29, 1.82) is 0 Å². The van der Waals surface area contributed by atoms with Gasteiger partial charge < -0.3 is 24.6 Å². The molecule has 3 atom stereocenters. The number of carbonyl (C=O) groups excluding carboxylic acids is 2. The second kappa shape index (κ2) is 10.8. The average Bonchev–Trinajstić information content (AvgIpc) is 2.63. The van der Waals surface area contributed by atoms with Crippen LogP contribution in [0.1, 0.15) is 52.0 Å². The summed E-state index contributed by atoms with van der Waals surface area (Å²) in [4.78, 5) is 28.7. The molecule has 158 valence electrons. The topological polar surface area (TPSA) is 107 Å². The van der Waals surface area contributed by atoms with Crippen molar-refractivity contribution in [3.05, 3.63) is 18.0 Å².